The second-order valence-corrected chi connectivity index (χ2v) is 7.30. The molecule has 0 amide bonds. The first-order valence-corrected chi connectivity index (χ1v) is 8.91. The minimum atomic E-state index is -0.0886. The molecule has 2 aromatic heterocycles. The lowest BCUT2D eigenvalue weighted by atomic mass is 9.78. The van der Waals surface area contributed by atoms with Gasteiger partial charge in [0.2, 0.25) is 5.95 Å². The molecule has 1 fully saturated rings. The Morgan fingerprint density at radius 3 is 2.76 bits per heavy atom. The van der Waals surface area contributed by atoms with Crippen LogP contribution in [-0.2, 0) is 12.8 Å². The van der Waals surface area contributed by atoms with E-state index in [1.54, 1.807) is 6.07 Å². The summed E-state index contributed by atoms with van der Waals surface area (Å²) in [6.45, 7) is 1.95. The Kier molecular flexibility index (Phi) is 3.94. The fourth-order valence-electron chi connectivity index (χ4n) is 3.73. The molecule has 0 aromatic carbocycles. The normalized spacial score (nSPS) is 21.6. The second-order valence-electron chi connectivity index (χ2n) is 7.30. The van der Waals surface area contributed by atoms with Crippen molar-refractivity contribution in [3.63, 3.8) is 0 Å². The van der Waals surface area contributed by atoms with Crippen LogP contribution < -0.4 is 15.8 Å². The molecule has 0 aliphatic heterocycles. The van der Waals surface area contributed by atoms with Crippen LogP contribution in [0.4, 0.5) is 11.8 Å². The molecule has 2 N–H and O–H groups in total. The zero-order valence-electron chi connectivity index (χ0n) is 15.0. The maximum atomic E-state index is 11.8. The fraction of sp³-hybridized carbons (Fsp3) is 0.556. The number of hydrogen-bond donors (Lipinski definition) is 2. The number of nitrogens with zero attached hydrogens (tertiary/aromatic N) is 4. The molecule has 25 heavy (non-hydrogen) atoms. The fourth-order valence-corrected chi connectivity index (χ4v) is 3.73. The molecule has 7 heteroatoms. The third-order valence-corrected chi connectivity index (χ3v) is 5.11. The summed E-state index contributed by atoms with van der Waals surface area (Å²) in [5.74, 6) is 2.79. The van der Waals surface area contributed by atoms with Gasteiger partial charge in [-0.05, 0) is 39.0 Å². The van der Waals surface area contributed by atoms with Gasteiger partial charge in [-0.3, -0.25) is 9.78 Å². The average Bonchev–Trinajstić information content (AvgIpc) is 2.97. The van der Waals surface area contributed by atoms with Crippen molar-refractivity contribution in [3.8, 4) is 0 Å². The molecule has 4 rings (SSSR count). The minimum absolute atomic E-state index is 0.0886. The highest BCUT2D eigenvalue weighted by atomic mass is 16.1. The van der Waals surface area contributed by atoms with Gasteiger partial charge in [-0.2, -0.15) is 0 Å². The number of H-pyrrole nitrogens is 1. The first-order valence-electron chi connectivity index (χ1n) is 8.91. The zero-order chi connectivity index (χ0) is 17.6. The van der Waals surface area contributed by atoms with E-state index in [2.05, 4.69) is 25.3 Å². The van der Waals surface area contributed by atoms with E-state index in [4.69, 9.17) is 0 Å². The molecule has 132 valence electrons. The topological polar surface area (TPSA) is 86.8 Å². The number of aryl methyl sites for hydroxylation is 2. The molecular weight excluding hydrogens is 316 g/mol. The largest absolute Gasteiger partial charge is 0.367 e. The summed E-state index contributed by atoms with van der Waals surface area (Å²) >= 11 is 0. The minimum Gasteiger partial charge on any atom is -0.367 e. The van der Waals surface area contributed by atoms with E-state index < -0.39 is 0 Å². The lowest BCUT2D eigenvalue weighted by molar-refractivity contribution is 0.365. The lowest BCUT2D eigenvalue weighted by Crippen LogP contribution is -2.36. The van der Waals surface area contributed by atoms with E-state index in [9.17, 15) is 4.79 Å². The van der Waals surface area contributed by atoms with E-state index in [0.29, 0.717) is 17.9 Å². The Hall–Kier alpha value is -2.44. The van der Waals surface area contributed by atoms with Gasteiger partial charge >= 0.3 is 0 Å². The molecule has 0 bridgehead atoms. The predicted molar refractivity (Wildman–Crippen MR) is 97.4 cm³/mol. The standard InChI is InChI=1S/C18H24N6O/c1-10-19-14-6-4-5-13(14)17(20-10)21-12-7-11(8-12)15-9-16(25)23-18(22-15)24(2)3/h9,11-12H,4-8H2,1-3H3,(H,19,20,21)(H,22,23,25). The molecule has 0 saturated heterocycles. The smallest absolute Gasteiger partial charge is 0.252 e. The molecule has 0 atom stereocenters. The number of nitrogens with one attached hydrogen (secondary N) is 2. The monoisotopic (exact) mass is 340 g/mol. The third-order valence-electron chi connectivity index (χ3n) is 5.11. The molecule has 2 aliphatic rings. The van der Waals surface area contributed by atoms with Gasteiger partial charge in [0.05, 0.1) is 5.69 Å². The highest BCUT2D eigenvalue weighted by molar-refractivity contribution is 5.50. The highest BCUT2D eigenvalue weighted by Gasteiger charge is 2.33. The number of anilines is 2. The van der Waals surface area contributed by atoms with Gasteiger partial charge in [0.1, 0.15) is 11.6 Å². The van der Waals surface area contributed by atoms with E-state index in [0.717, 1.165) is 43.0 Å². The molecule has 0 spiro atoms. The highest BCUT2D eigenvalue weighted by Crippen LogP contribution is 2.38. The molecule has 2 aromatic rings. The first kappa shape index (κ1) is 16.1. The Balaban J connectivity index is 1.46. The predicted octanol–water partition coefficient (Wildman–Crippen LogP) is 1.78. The van der Waals surface area contributed by atoms with Crippen LogP contribution in [0.15, 0.2) is 10.9 Å². The summed E-state index contributed by atoms with van der Waals surface area (Å²) < 4.78 is 0. The summed E-state index contributed by atoms with van der Waals surface area (Å²) in [4.78, 5) is 30.2. The SMILES string of the molecule is Cc1nc2c(c(NC3CC(c4cc(=O)[nH]c(N(C)C)n4)C3)n1)CCC2. The van der Waals surface area contributed by atoms with E-state index in [1.165, 1.54) is 17.7 Å². The van der Waals surface area contributed by atoms with Crippen molar-refractivity contribution < 1.29 is 0 Å². The Labute approximate surface area is 146 Å². The second kappa shape index (κ2) is 6.13. The summed E-state index contributed by atoms with van der Waals surface area (Å²) in [5, 5.41) is 3.60. The van der Waals surface area contributed by atoms with E-state index >= 15 is 0 Å². The van der Waals surface area contributed by atoms with Crippen LogP contribution in [0.1, 0.15) is 48.0 Å². The Morgan fingerprint density at radius 2 is 2.00 bits per heavy atom. The molecule has 2 aliphatic carbocycles. The molecule has 1 saturated carbocycles. The van der Waals surface area contributed by atoms with E-state index in [-0.39, 0.29) is 5.56 Å². The number of hydrogen-bond acceptors (Lipinski definition) is 6. The van der Waals surface area contributed by atoms with Crippen molar-refractivity contribution in [1.82, 2.24) is 19.9 Å². The van der Waals surface area contributed by atoms with Crippen LogP contribution >= 0.6 is 0 Å². The van der Waals surface area contributed by atoms with Crippen molar-refractivity contribution >= 4 is 11.8 Å². The summed E-state index contributed by atoms with van der Waals surface area (Å²) in [6, 6.07) is 2.01. The first-order chi connectivity index (χ1) is 12.0. The summed E-state index contributed by atoms with van der Waals surface area (Å²) in [7, 11) is 3.76. The number of aromatic nitrogens is 4. The van der Waals surface area contributed by atoms with Crippen LogP contribution in [0, 0.1) is 6.92 Å². The zero-order valence-corrected chi connectivity index (χ0v) is 15.0. The molecule has 0 unspecified atom stereocenters. The van der Waals surface area contributed by atoms with Gasteiger partial charge in [-0.15, -0.1) is 0 Å². The van der Waals surface area contributed by atoms with Crippen molar-refractivity contribution in [1.29, 1.82) is 0 Å². The summed E-state index contributed by atoms with van der Waals surface area (Å²) in [6.07, 6.45) is 5.24. The molecule has 7 nitrogen and oxygen atoms in total. The van der Waals surface area contributed by atoms with Gasteiger partial charge < -0.3 is 10.2 Å². The maximum Gasteiger partial charge on any atom is 0.252 e. The molecule has 0 radical (unpaired) electrons. The maximum absolute atomic E-state index is 11.8. The van der Waals surface area contributed by atoms with Crippen molar-refractivity contribution in [3.05, 3.63) is 39.2 Å². The van der Waals surface area contributed by atoms with Crippen LogP contribution in [-0.4, -0.2) is 40.1 Å². The van der Waals surface area contributed by atoms with Gasteiger partial charge in [0.25, 0.3) is 5.56 Å². The van der Waals surface area contributed by atoms with Gasteiger partial charge in [-0.1, -0.05) is 0 Å². The van der Waals surface area contributed by atoms with Crippen LogP contribution in [0.25, 0.3) is 0 Å². The Morgan fingerprint density at radius 1 is 1.20 bits per heavy atom. The van der Waals surface area contributed by atoms with Crippen LogP contribution in [0.2, 0.25) is 0 Å². The van der Waals surface area contributed by atoms with Crippen LogP contribution in [0.5, 0.6) is 0 Å². The van der Waals surface area contributed by atoms with Crippen LogP contribution in [0.3, 0.4) is 0 Å². The van der Waals surface area contributed by atoms with Crippen molar-refractivity contribution in [2.24, 2.45) is 0 Å². The summed E-state index contributed by atoms with van der Waals surface area (Å²) in [5.41, 5.74) is 3.29. The van der Waals surface area contributed by atoms with Gasteiger partial charge in [-0.25, -0.2) is 15.0 Å². The van der Waals surface area contributed by atoms with Crippen molar-refractivity contribution in [2.45, 2.75) is 51.0 Å². The number of rotatable bonds is 4. The van der Waals surface area contributed by atoms with Gasteiger partial charge in [0.15, 0.2) is 0 Å². The quantitative estimate of drug-likeness (QED) is 0.882. The average molecular weight is 340 g/mol. The number of fused-ring (bicyclic) bond motifs is 1. The lowest BCUT2D eigenvalue weighted by Gasteiger charge is -2.36. The van der Waals surface area contributed by atoms with Gasteiger partial charge in [0, 0.05) is 43.4 Å². The molecular formula is C18H24N6O. The van der Waals surface area contributed by atoms with E-state index in [1.807, 2.05) is 25.9 Å². The Bertz CT molecular complexity index is 853. The van der Waals surface area contributed by atoms with Crippen molar-refractivity contribution in [2.75, 3.05) is 24.3 Å². The molecule has 2 heterocycles. The number of aromatic amines is 1. The third kappa shape index (κ3) is 3.10.